The molecule has 0 radical (unpaired) electrons. The van der Waals surface area contributed by atoms with E-state index in [-0.39, 0.29) is 49.2 Å². The Morgan fingerprint density at radius 3 is 1.91 bits per heavy atom. The molecule has 0 saturated carbocycles. The summed E-state index contributed by atoms with van der Waals surface area (Å²) in [5.41, 5.74) is 3.14. The zero-order valence-corrected chi connectivity index (χ0v) is 20.7. The number of nitrogens with zero attached hydrogens (tertiary/aromatic N) is 3. The summed E-state index contributed by atoms with van der Waals surface area (Å²) in [6, 6.07) is 25.1. The molecular formula is C25H30Cl3N3O2. The van der Waals surface area contributed by atoms with Gasteiger partial charge in [0.2, 0.25) is 0 Å². The minimum Gasteiger partial charge on any atom is -0.461 e. The number of esters is 1. The van der Waals surface area contributed by atoms with Crippen LogP contribution in [0.2, 0.25) is 0 Å². The van der Waals surface area contributed by atoms with Crippen molar-refractivity contribution < 1.29 is 9.53 Å². The van der Waals surface area contributed by atoms with Crippen molar-refractivity contribution in [2.45, 2.75) is 6.04 Å². The largest absolute Gasteiger partial charge is 0.461 e. The molecule has 3 aromatic rings. The summed E-state index contributed by atoms with van der Waals surface area (Å²) in [6.45, 7) is 5.02. The lowest BCUT2D eigenvalue weighted by molar-refractivity contribution is 0.0407. The van der Waals surface area contributed by atoms with E-state index in [9.17, 15) is 4.79 Å². The Morgan fingerprint density at radius 1 is 0.818 bits per heavy atom. The first-order valence-corrected chi connectivity index (χ1v) is 10.4. The molecule has 1 aromatic heterocycles. The molecule has 0 unspecified atom stereocenters. The monoisotopic (exact) mass is 509 g/mol. The normalized spacial score (nSPS) is 13.8. The summed E-state index contributed by atoms with van der Waals surface area (Å²) >= 11 is 0. The van der Waals surface area contributed by atoms with Crippen molar-refractivity contribution in [2.24, 2.45) is 0 Å². The van der Waals surface area contributed by atoms with E-state index in [0.717, 1.165) is 32.7 Å². The molecular weight excluding hydrogens is 481 g/mol. The molecule has 2 aromatic carbocycles. The lowest BCUT2D eigenvalue weighted by atomic mass is 9.96. The molecule has 1 aliphatic rings. The predicted molar refractivity (Wildman–Crippen MR) is 139 cm³/mol. The van der Waals surface area contributed by atoms with Gasteiger partial charge in [0, 0.05) is 45.1 Å². The molecule has 33 heavy (non-hydrogen) atoms. The summed E-state index contributed by atoms with van der Waals surface area (Å²) in [5, 5.41) is 0. The summed E-state index contributed by atoms with van der Waals surface area (Å²) in [5.74, 6) is -0.310. The molecule has 0 atom stereocenters. The highest BCUT2D eigenvalue weighted by Gasteiger charge is 2.26. The van der Waals surface area contributed by atoms with Crippen LogP contribution < -0.4 is 0 Å². The van der Waals surface area contributed by atoms with Crippen LogP contribution in [0.5, 0.6) is 0 Å². The fourth-order valence-corrected chi connectivity index (χ4v) is 3.96. The van der Waals surface area contributed by atoms with Crippen LogP contribution >= 0.6 is 37.2 Å². The number of piperazine rings is 1. The Bertz CT molecular complexity index is 886. The summed E-state index contributed by atoms with van der Waals surface area (Å²) in [7, 11) is 0. The summed E-state index contributed by atoms with van der Waals surface area (Å²) in [4.78, 5) is 20.9. The van der Waals surface area contributed by atoms with Gasteiger partial charge in [-0.3, -0.25) is 14.8 Å². The van der Waals surface area contributed by atoms with Crippen molar-refractivity contribution in [3.05, 3.63) is 102 Å². The third kappa shape index (κ3) is 7.98. The van der Waals surface area contributed by atoms with Gasteiger partial charge in [0.25, 0.3) is 0 Å². The molecule has 1 aliphatic heterocycles. The van der Waals surface area contributed by atoms with Crippen LogP contribution in [0.4, 0.5) is 0 Å². The van der Waals surface area contributed by atoms with Gasteiger partial charge in [-0.15, -0.1) is 37.2 Å². The maximum atomic E-state index is 12.1. The van der Waals surface area contributed by atoms with Gasteiger partial charge in [-0.1, -0.05) is 60.7 Å². The molecule has 1 fully saturated rings. The smallest absolute Gasteiger partial charge is 0.339 e. The number of benzene rings is 2. The summed E-state index contributed by atoms with van der Waals surface area (Å²) < 4.78 is 5.41. The summed E-state index contributed by atoms with van der Waals surface area (Å²) in [6.07, 6.45) is 3.18. The molecule has 5 nitrogen and oxygen atoms in total. The predicted octanol–water partition coefficient (Wildman–Crippen LogP) is 4.91. The Labute approximate surface area is 214 Å². The van der Waals surface area contributed by atoms with E-state index in [1.54, 1.807) is 18.3 Å². The SMILES string of the molecule is Cl.Cl.Cl.O=C(OCCN1CCN(C(c2ccccc2)c2ccccc2)CC1)c1cccnc1. The number of aromatic nitrogens is 1. The number of halogens is 3. The van der Waals surface area contributed by atoms with Crippen molar-refractivity contribution in [1.29, 1.82) is 0 Å². The second-order valence-corrected chi connectivity index (χ2v) is 7.48. The van der Waals surface area contributed by atoms with Crippen LogP contribution in [0.3, 0.4) is 0 Å². The molecule has 178 valence electrons. The number of hydrogen-bond donors (Lipinski definition) is 0. The fraction of sp³-hybridized carbons (Fsp3) is 0.280. The molecule has 0 spiro atoms. The van der Waals surface area contributed by atoms with Crippen molar-refractivity contribution in [3.8, 4) is 0 Å². The first kappa shape index (κ1) is 28.9. The van der Waals surface area contributed by atoms with Gasteiger partial charge in [0.15, 0.2) is 0 Å². The van der Waals surface area contributed by atoms with E-state index in [2.05, 4.69) is 75.4 Å². The number of pyridine rings is 1. The van der Waals surface area contributed by atoms with Crippen LogP contribution in [0, 0.1) is 0 Å². The molecule has 1 saturated heterocycles. The Balaban J connectivity index is 0.00000181. The number of ether oxygens (including phenoxy) is 1. The van der Waals surface area contributed by atoms with Gasteiger partial charge >= 0.3 is 5.97 Å². The minimum atomic E-state index is -0.310. The van der Waals surface area contributed by atoms with Gasteiger partial charge in [-0.05, 0) is 23.3 Å². The number of hydrogen-bond acceptors (Lipinski definition) is 5. The second-order valence-electron chi connectivity index (χ2n) is 7.48. The Hall–Kier alpha value is -2.15. The van der Waals surface area contributed by atoms with Crippen LogP contribution in [0.15, 0.2) is 85.2 Å². The lowest BCUT2D eigenvalue weighted by Gasteiger charge is -2.39. The molecule has 0 aliphatic carbocycles. The van der Waals surface area contributed by atoms with Gasteiger partial charge in [0.1, 0.15) is 6.61 Å². The van der Waals surface area contributed by atoms with E-state index in [4.69, 9.17) is 4.74 Å². The number of carbonyl (C=O) groups is 1. The standard InChI is InChI=1S/C25H27N3O2.3ClH/c29-25(23-12-7-13-26-20-23)30-19-18-27-14-16-28(17-15-27)24(21-8-3-1-4-9-21)22-10-5-2-6-11-22;;;/h1-13,20,24H,14-19H2;3*1H. The zero-order chi connectivity index (χ0) is 20.6. The maximum absolute atomic E-state index is 12.1. The quantitative estimate of drug-likeness (QED) is 0.423. The highest BCUT2D eigenvalue weighted by atomic mass is 35.5. The van der Waals surface area contributed by atoms with Crippen LogP contribution in [0.25, 0.3) is 0 Å². The van der Waals surface area contributed by atoms with Crippen molar-refractivity contribution in [3.63, 3.8) is 0 Å². The van der Waals surface area contributed by atoms with E-state index in [1.165, 1.54) is 17.3 Å². The molecule has 4 rings (SSSR count). The molecule has 0 N–H and O–H groups in total. The average Bonchev–Trinajstić information content (AvgIpc) is 2.82. The molecule has 0 bridgehead atoms. The van der Waals surface area contributed by atoms with Gasteiger partial charge in [0.05, 0.1) is 11.6 Å². The van der Waals surface area contributed by atoms with Gasteiger partial charge in [-0.25, -0.2) is 4.79 Å². The molecule has 0 amide bonds. The van der Waals surface area contributed by atoms with E-state index >= 15 is 0 Å². The minimum absolute atomic E-state index is 0. The van der Waals surface area contributed by atoms with Crippen LogP contribution in [-0.4, -0.2) is 60.1 Å². The topological polar surface area (TPSA) is 45.7 Å². The van der Waals surface area contributed by atoms with Crippen molar-refractivity contribution >= 4 is 43.2 Å². The maximum Gasteiger partial charge on any atom is 0.339 e. The Kier molecular flexibility index (Phi) is 13.0. The second kappa shape index (κ2) is 14.9. The van der Waals surface area contributed by atoms with Crippen LogP contribution in [0.1, 0.15) is 27.5 Å². The Morgan fingerprint density at radius 2 is 1.39 bits per heavy atom. The fourth-order valence-electron chi connectivity index (χ4n) is 3.96. The van der Waals surface area contributed by atoms with Crippen molar-refractivity contribution in [2.75, 3.05) is 39.3 Å². The van der Waals surface area contributed by atoms with E-state index in [1.807, 2.05) is 0 Å². The number of carbonyl (C=O) groups excluding carboxylic acids is 1. The third-order valence-electron chi connectivity index (χ3n) is 5.54. The zero-order valence-electron chi connectivity index (χ0n) is 18.3. The van der Waals surface area contributed by atoms with Crippen LogP contribution in [-0.2, 0) is 4.74 Å². The lowest BCUT2D eigenvalue weighted by Crippen LogP contribution is -2.48. The van der Waals surface area contributed by atoms with Gasteiger partial charge < -0.3 is 4.74 Å². The van der Waals surface area contributed by atoms with Gasteiger partial charge in [-0.2, -0.15) is 0 Å². The average molecular weight is 511 g/mol. The highest BCUT2D eigenvalue weighted by Crippen LogP contribution is 2.29. The first-order chi connectivity index (χ1) is 14.8. The molecule has 8 heteroatoms. The number of rotatable bonds is 7. The molecule has 2 heterocycles. The van der Waals surface area contributed by atoms with Crippen molar-refractivity contribution in [1.82, 2.24) is 14.8 Å². The first-order valence-electron chi connectivity index (χ1n) is 10.4. The van der Waals surface area contributed by atoms with E-state index < -0.39 is 0 Å². The van der Waals surface area contributed by atoms with E-state index in [0.29, 0.717) is 12.2 Å². The third-order valence-corrected chi connectivity index (χ3v) is 5.54. The highest BCUT2D eigenvalue weighted by molar-refractivity contribution is 5.88.